The summed E-state index contributed by atoms with van der Waals surface area (Å²) < 4.78 is 41.7. The molecule has 2 aromatic rings. The fourth-order valence-electron chi connectivity index (χ4n) is 3.06. The summed E-state index contributed by atoms with van der Waals surface area (Å²) >= 11 is 0. The molecule has 1 atom stereocenters. The first-order valence-corrected chi connectivity index (χ1v) is 9.28. The maximum atomic E-state index is 14.3. The Morgan fingerprint density at radius 1 is 1.08 bits per heavy atom. The van der Waals surface area contributed by atoms with Gasteiger partial charge in [-0.1, -0.05) is 35.9 Å². The number of halogens is 1. The van der Waals surface area contributed by atoms with Gasteiger partial charge in [-0.25, -0.2) is 12.8 Å². The average molecular weight is 359 g/mol. The highest BCUT2D eigenvalue weighted by Crippen LogP contribution is 2.40. The van der Waals surface area contributed by atoms with Gasteiger partial charge in [0, 0.05) is 17.7 Å². The van der Waals surface area contributed by atoms with Crippen LogP contribution >= 0.6 is 0 Å². The van der Waals surface area contributed by atoms with Crippen molar-refractivity contribution in [3.05, 3.63) is 76.6 Å². The largest absolute Gasteiger partial charge is 0.298 e. The maximum Gasteiger partial charge on any atom is 0.244 e. The van der Waals surface area contributed by atoms with E-state index in [2.05, 4.69) is 0 Å². The highest BCUT2D eigenvalue weighted by molar-refractivity contribution is 7.89. The number of carbonyl (C=O) groups excluding carboxylic acids is 1. The molecule has 0 fully saturated rings. The Labute approximate surface area is 146 Å². The van der Waals surface area contributed by atoms with E-state index in [0.29, 0.717) is 17.4 Å². The molecule has 0 N–H and O–H groups in total. The van der Waals surface area contributed by atoms with Crippen LogP contribution in [0.1, 0.15) is 24.1 Å². The van der Waals surface area contributed by atoms with Gasteiger partial charge in [0.25, 0.3) is 0 Å². The summed E-state index contributed by atoms with van der Waals surface area (Å²) in [4.78, 5) is 11.7. The van der Waals surface area contributed by atoms with Crippen molar-refractivity contribution in [2.45, 2.75) is 24.8 Å². The lowest BCUT2D eigenvalue weighted by Crippen LogP contribution is -2.33. The predicted molar refractivity (Wildman–Crippen MR) is 93.0 cm³/mol. The van der Waals surface area contributed by atoms with Crippen molar-refractivity contribution >= 4 is 16.3 Å². The lowest BCUT2D eigenvalue weighted by Gasteiger charge is -2.26. The molecule has 6 heteroatoms. The minimum Gasteiger partial charge on any atom is -0.298 e. The smallest absolute Gasteiger partial charge is 0.244 e. The summed E-state index contributed by atoms with van der Waals surface area (Å²) in [6.07, 6.45) is 0.622. The van der Waals surface area contributed by atoms with E-state index >= 15 is 0 Å². The van der Waals surface area contributed by atoms with Gasteiger partial charge in [-0.05, 0) is 37.6 Å². The van der Waals surface area contributed by atoms with Crippen molar-refractivity contribution in [3.8, 4) is 0 Å². The van der Waals surface area contributed by atoms with Crippen molar-refractivity contribution in [1.82, 2.24) is 4.31 Å². The summed E-state index contributed by atoms with van der Waals surface area (Å²) in [6.45, 7) is 3.62. The first kappa shape index (κ1) is 17.5. The van der Waals surface area contributed by atoms with Crippen LogP contribution in [0.15, 0.2) is 64.6 Å². The van der Waals surface area contributed by atoms with Crippen LogP contribution in [0.3, 0.4) is 0 Å². The van der Waals surface area contributed by atoms with Crippen LogP contribution in [0.4, 0.5) is 4.39 Å². The third kappa shape index (κ3) is 3.03. The first-order valence-electron chi connectivity index (χ1n) is 7.84. The van der Waals surface area contributed by atoms with E-state index in [9.17, 15) is 17.6 Å². The number of nitrogens with zero attached hydrogens (tertiary/aromatic N) is 1. The normalized spacial score (nSPS) is 18.6. The quantitative estimate of drug-likeness (QED) is 0.786. The van der Waals surface area contributed by atoms with Crippen molar-refractivity contribution in [1.29, 1.82) is 0 Å². The summed E-state index contributed by atoms with van der Waals surface area (Å²) in [5, 5.41) is 0. The minimum atomic E-state index is -3.88. The van der Waals surface area contributed by atoms with Crippen LogP contribution in [0, 0.1) is 12.7 Å². The van der Waals surface area contributed by atoms with Crippen molar-refractivity contribution in [2.24, 2.45) is 0 Å². The first-order chi connectivity index (χ1) is 11.9. The standard InChI is InChI=1S/C19H18FNO3S/c1-13-7-9-15(10-8-13)25(23,24)21-11-14(2)17(12-22)19(21)16-5-3-4-6-18(16)20/h3-10,12,19H,11H2,1-2H3/t19-/m1/s1. The van der Waals surface area contributed by atoms with Crippen LogP contribution in [-0.4, -0.2) is 25.6 Å². The Balaban J connectivity index is 2.13. The summed E-state index contributed by atoms with van der Waals surface area (Å²) in [6, 6.07) is 11.5. The molecule has 0 spiro atoms. The van der Waals surface area contributed by atoms with Gasteiger partial charge in [-0.2, -0.15) is 4.31 Å². The Morgan fingerprint density at radius 2 is 1.72 bits per heavy atom. The molecular weight excluding hydrogens is 341 g/mol. The zero-order valence-electron chi connectivity index (χ0n) is 13.9. The molecule has 4 nitrogen and oxygen atoms in total. The van der Waals surface area contributed by atoms with Crippen molar-refractivity contribution in [3.63, 3.8) is 0 Å². The molecule has 0 bridgehead atoms. The van der Waals surface area contributed by atoms with Gasteiger partial charge >= 0.3 is 0 Å². The number of hydrogen-bond acceptors (Lipinski definition) is 3. The molecule has 0 unspecified atom stereocenters. The van der Waals surface area contributed by atoms with Gasteiger partial charge in [0.1, 0.15) is 12.1 Å². The minimum absolute atomic E-state index is 0.0588. The van der Waals surface area contributed by atoms with E-state index < -0.39 is 21.9 Å². The fraction of sp³-hybridized carbons (Fsp3) is 0.211. The highest BCUT2D eigenvalue weighted by Gasteiger charge is 2.41. The number of carbonyl (C=O) groups is 1. The monoisotopic (exact) mass is 359 g/mol. The van der Waals surface area contributed by atoms with Crippen molar-refractivity contribution < 1.29 is 17.6 Å². The zero-order chi connectivity index (χ0) is 18.2. The number of rotatable bonds is 4. The third-order valence-corrected chi connectivity index (χ3v) is 6.25. The van der Waals surface area contributed by atoms with Gasteiger partial charge in [-0.15, -0.1) is 0 Å². The summed E-state index contributed by atoms with van der Waals surface area (Å²) in [5.41, 5.74) is 2.03. The second-order valence-corrected chi connectivity index (χ2v) is 8.03. The molecule has 0 aromatic heterocycles. The SMILES string of the molecule is CC1=C(C=O)[C@@H](c2ccccc2F)N(S(=O)(=O)c2ccc(C)cc2)C1. The number of aryl methyl sites for hydroxylation is 1. The van der Waals surface area contributed by atoms with Crippen LogP contribution in [0.25, 0.3) is 0 Å². The van der Waals surface area contributed by atoms with Gasteiger partial charge in [0.05, 0.1) is 10.9 Å². The van der Waals surface area contributed by atoms with Gasteiger partial charge in [0.15, 0.2) is 0 Å². The second-order valence-electron chi connectivity index (χ2n) is 6.14. The zero-order valence-corrected chi connectivity index (χ0v) is 14.8. The topological polar surface area (TPSA) is 54.5 Å². The molecule has 2 aromatic carbocycles. The number of aldehydes is 1. The fourth-order valence-corrected chi connectivity index (χ4v) is 4.68. The lowest BCUT2D eigenvalue weighted by molar-refractivity contribution is -0.105. The van der Waals surface area contributed by atoms with Gasteiger partial charge < -0.3 is 0 Å². The van der Waals surface area contributed by atoms with Crippen LogP contribution in [0.2, 0.25) is 0 Å². The second kappa shape index (κ2) is 6.54. The van der Waals surface area contributed by atoms with E-state index in [1.54, 1.807) is 25.1 Å². The molecule has 3 rings (SSSR count). The lowest BCUT2D eigenvalue weighted by atomic mass is 9.99. The van der Waals surface area contributed by atoms with Crippen LogP contribution < -0.4 is 0 Å². The van der Waals surface area contributed by atoms with E-state index in [0.717, 1.165) is 5.56 Å². The van der Waals surface area contributed by atoms with Crippen LogP contribution in [-0.2, 0) is 14.8 Å². The molecule has 0 radical (unpaired) electrons. The van der Waals surface area contributed by atoms with E-state index in [1.165, 1.54) is 34.6 Å². The third-order valence-electron chi connectivity index (χ3n) is 4.42. The molecule has 130 valence electrons. The molecule has 25 heavy (non-hydrogen) atoms. The molecule has 0 saturated carbocycles. The Kier molecular flexibility index (Phi) is 4.58. The molecule has 0 aliphatic carbocycles. The van der Waals surface area contributed by atoms with E-state index in [-0.39, 0.29) is 17.0 Å². The maximum absolute atomic E-state index is 14.3. The molecule has 1 aliphatic rings. The van der Waals surface area contributed by atoms with Crippen molar-refractivity contribution in [2.75, 3.05) is 6.54 Å². The molecule has 0 amide bonds. The molecular formula is C19H18FNO3S. The van der Waals surface area contributed by atoms with Gasteiger partial charge in [0.2, 0.25) is 10.0 Å². The van der Waals surface area contributed by atoms with Gasteiger partial charge in [-0.3, -0.25) is 4.79 Å². The number of hydrogen-bond donors (Lipinski definition) is 0. The van der Waals surface area contributed by atoms with Crippen LogP contribution in [0.5, 0.6) is 0 Å². The average Bonchev–Trinajstić information content (AvgIpc) is 2.92. The number of benzene rings is 2. The Bertz CT molecular complexity index is 949. The molecule has 1 aliphatic heterocycles. The molecule has 1 heterocycles. The Hall–Kier alpha value is -2.31. The molecule has 0 saturated heterocycles. The highest BCUT2D eigenvalue weighted by atomic mass is 32.2. The van der Waals surface area contributed by atoms with E-state index in [1.807, 2.05) is 6.92 Å². The number of sulfonamides is 1. The van der Waals surface area contributed by atoms with E-state index in [4.69, 9.17) is 0 Å². The summed E-state index contributed by atoms with van der Waals surface area (Å²) in [7, 11) is -3.88. The predicted octanol–water partition coefficient (Wildman–Crippen LogP) is 3.40. The summed E-state index contributed by atoms with van der Waals surface area (Å²) in [5.74, 6) is -0.536. The Morgan fingerprint density at radius 3 is 2.32 bits per heavy atom.